The third-order valence-corrected chi connectivity index (χ3v) is 2.21. The van der Waals surface area contributed by atoms with Crippen molar-refractivity contribution in [2.24, 2.45) is 0 Å². The molecule has 1 heterocycles. The van der Waals surface area contributed by atoms with Crippen LogP contribution in [0.2, 0.25) is 0 Å². The van der Waals surface area contributed by atoms with Gasteiger partial charge < -0.3 is 10.1 Å². The minimum atomic E-state index is 0.451. The van der Waals surface area contributed by atoms with Gasteiger partial charge in [0, 0.05) is 12.6 Å². The van der Waals surface area contributed by atoms with Gasteiger partial charge in [-0.1, -0.05) is 12.3 Å². The zero-order chi connectivity index (χ0) is 8.65. The van der Waals surface area contributed by atoms with E-state index in [1.165, 1.54) is 25.8 Å². The molecule has 1 atom stereocenters. The average Bonchev–Trinajstić information content (AvgIpc) is 2.14. The Hall–Kier alpha value is -0.520. The summed E-state index contributed by atoms with van der Waals surface area (Å²) in [4.78, 5) is 0. The van der Waals surface area contributed by atoms with Crippen molar-refractivity contribution in [3.8, 4) is 12.3 Å². The van der Waals surface area contributed by atoms with Crippen molar-refractivity contribution >= 4 is 0 Å². The molecule has 0 aromatic rings. The van der Waals surface area contributed by atoms with E-state index in [1.54, 1.807) is 0 Å². The summed E-state index contributed by atoms with van der Waals surface area (Å²) in [5.41, 5.74) is 0. The van der Waals surface area contributed by atoms with Crippen molar-refractivity contribution in [3.63, 3.8) is 0 Å². The van der Waals surface area contributed by atoms with Crippen molar-refractivity contribution < 1.29 is 4.74 Å². The summed E-state index contributed by atoms with van der Waals surface area (Å²) in [7, 11) is 0. The standard InChI is InChI=1S/C10H17NO/c1-2-8-12-9-6-10-5-3-4-7-11-10/h1,10-11H,3-9H2/t10-/m1/s1. The van der Waals surface area contributed by atoms with E-state index in [2.05, 4.69) is 11.2 Å². The molecule has 0 spiro atoms. The largest absolute Gasteiger partial charge is 0.369 e. The molecule has 0 bridgehead atoms. The Kier molecular flexibility index (Phi) is 4.82. The molecule has 1 aliphatic heterocycles. The third-order valence-electron chi connectivity index (χ3n) is 2.21. The lowest BCUT2D eigenvalue weighted by Crippen LogP contribution is -2.34. The first kappa shape index (κ1) is 9.57. The van der Waals surface area contributed by atoms with E-state index < -0.39 is 0 Å². The van der Waals surface area contributed by atoms with Gasteiger partial charge in [0.25, 0.3) is 0 Å². The lowest BCUT2D eigenvalue weighted by molar-refractivity contribution is 0.150. The molecule has 1 saturated heterocycles. The third kappa shape index (κ3) is 3.75. The van der Waals surface area contributed by atoms with Gasteiger partial charge >= 0.3 is 0 Å². The summed E-state index contributed by atoms with van der Waals surface area (Å²) in [6, 6.07) is 0.663. The monoisotopic (exact) mass is 167 g/mol. The van der Waals surface area contributed by atoms with Gasteiger partial charge in [0.15, 0.2) is 0 Å². The van der Waals surface area contributed by atoms with Crippen LogP contribution in [-0.4, -0.2) is 25.8 Å². The summed E-state index contributed by atoms with van der Waals surface area (Å²) >= 11 is 0. The second kappa shape index (κ2) is 6.05. The van der Waals surface area contributed by atoms with Gasteiger partial charge in [-0.25, -0.2) is 0 Å². The Morgan fingerprint density at radius 2 is 2.42 bits per heavy atom. The van der Waals surface area contributed by atoms with Crippen LogP contribution >= 0.6 is 0 Å². The zero-order valence-corrected chi connectivity index (χ0v) is 7.51. The van der Waals surface area contributed by atoms with Crippen LogP contribution in [-0.2, 0) is 4.74 Å². The van der Waals surface area contributed by atoms with Gasteiger partial charge in [0.05, 0.1) is 0 Å². The number of terminal acetylenes is 1. The maximum atomic E-state index is 5.21. The topological polar surface area (TPSA) is 21.3 Å². The van der Waals surface area contributed by atoms with Crippen LogP contribution in [0.15, 0.2) is 0 Å². The molecule has 0 aliphatic carbocycles. The highest BCUT2D eigenvalue weighted by Gasteiger charge is 2.11. The predicted molar refractivity (Wildman–Crippen MR) is 49.9 cm³/mol. The highest BCUT2D eigenvalue weighted by atomic mass is 16.5. The predicted octanol–water partition coefficient (Wildman–Crippen LogP) is 1.17. The highest BCUT2D eigenvalue weighted by Crippen LogP contribution is 2.09. The number of hydrogen-bond acceptors (Lipinski definition) is 2. The minimum Gasteiger partial charge on any atom is -0.369 e. The Morgan fingerprint density at radius 1 is 1.50 bits per heavy atom. The fourth-order valence-corrected chi connectivity index (χ4v) is 1.53. The van der Waals surface area contributed by atoms with E-state index in [4.69, 9.17) is 11.2 Å². The molecule has 1 rings (SSSR count). The second-order valence-electron chi connectivity index (χ2n) is 3.19. The van der Waals surface area contributed by atoms with Crippen molar-refractivity contribution in [2.75, 3.05) is 19.8 Å². The van der Waals surface area contributed by atoms with Crippen LogP contribution in [0, 0.1) is 12.3 Å². The van der Waals surface area contributed by atoms with Gasteiger partial charge in [0.1, 0.15) is 6.61 Å². The van der Waals surface area contributed by atoms with Crippen molar-refractivity contribution in [3.05, 3.63) is 0 Å². The number of nitrogens with one attached hydrogen (secondary N) is 1. The highest BCUT2D eigenvalue weighted by molar-refractivity contribution is 4.83. The molecule has 0 unspecified atom stereocenters. The summed E-state index contributed by atoms with van der Waals surface area (Å²) < 4.78 is 5.21. The van der Waals surface area contributed by atoms with E-state index in [9.17, 15) is 0 Å². The lowest BCUT2D eigenvalue weighted by atomic mass is 10.0. The quantitative estimate of drug-likeness (QED) is 0.501. The van der Waals surface area contributed by atoms with Gasteiger partial charge in [-0.3, -0.25) is 0 Å². The lowest BCUT2D eigenvalue weighted by Gasteiger charge is -2.22. The molecule has 0 aromatic heterocycles. The molecule has 0 aromatic carbocycles. The van der Waals surface area contributed by atoms with Crippen LogP contribution in [0.3, 0.4) is 0 Å². The molecule has 1 fully saturated rings. The van der Waals surface area contributed by atoms with Gasteiger partial charge in [-0.2, -0.15) is 0 Å². The van der Waals surface area contributed by atoms with E-state index in [0.717, 1.165) is 13.0 Å². The van der Waals surface area contributed by atoms with E-state index in [-0.39, 0.29) is 0 Å². The number of rotatable bonds is 4. The molecule has 0 radical (unpaired) electrons. The Bertz CT molecular complexity index is 144. The molecular formula is C10H17NO. The summed E-state index contributed by atoms with van der Waals surface area (Å²) in [6.07, 6.45) is 10.1. The summed E-state index contributed by atoms with van der Waals surface area (Å²) in [5.74, 6) is 2.46. The van der Waals surface area contributed by atoms with Gasteiger partial charge in [-0.05, 0) is 25.8 Å². The van der Waals surface area contributed by atoms with Gasteiger partial charge in [0.2, 0.25) is 0 Å². The number of ether oxygens (including phenoxy) is 1. The average molecular weight is 167 g/mol. The van der Waals surface area contributed by atoms with Crippen LogP contribution in [0.5, 0.6) is 0 Å². The molecule has 1 N–H and O–H groups in total. The van der Waals surface area contributed by atoms with Crippen LogP contribution in [0.4, 0.5) is 0 Å². The number of hydrogen-bond donors (Lipinski definition) is 1. The zero-order valence-electron chi connectivity index (χ0n) is 7.51. The maximum Gasteiger partial charge on any atom is 0.107 e. The Morgan fingerprint density at radius 3 is 3.08 bits per heavy atom. The molecular weight excluding hydrogens is 150 g/mol. The first-order valence-electron chi connectivity index (χ1n) is 4.68. The normalized spacial score (nSPS) is 23.4. The van der Waals surface area contributed by atoms with E-state index in [1.807, 2.05) is 0 Å². The van der Waals surface area contributed by atoms with Gasteiger partial charge in [-0.15, -0.1) is 6.42 Å². The fourth-order valence-electron chi connectivity index (χ4n) is 1.53. The van der Waals surface area contributed by atoms with Crippen LogP contribution in [0.25, 0.3) is 0 Å². The Balaban J connectivity index is 1.95. The molecule has 12 heavy (non-hydrogen) atoms. The molecule has 0 saturated carbocycles. The smallest absolute Gasteiger partial charge is 0.107 e. The molecule has 2 nitrogen and oxygen atoms in total. The first-order valence-corrected chi connectivity index (χ1v) is 4.68. The minimum absolute atomic E-state index is 0.451. The van der Waals surface area contributed by atoms with E-state index >= 15 is 0 Å². The number of piperidine rings is 1. The SMILES string of the molecule is C#CCOCC[C@H]1CCCCN1. The second-order valence-corrected chi connectivity index (χ2v) is 3.19. The van der Waals surface area contributed by atoms with Crippen molar-refractivity contribution in [1.82, 2.24) is 5.32 Å². The summed E-state index contributed by atoms with van der Waals surface area (Å²) in [5, 5.41) is 3.46. The molecule has 0 amide bonds. The molecule has 68 valence electrons. The molecule has 1 aliphatic rings. The van der Waals surface area contributed by atoms with Crippen molar-refractivity contribution in [2.45, 2.75) is 31.7 Å². The fraction of sp³-hybridized carbons (Fsp3) is 0.800. The first-order chi connectivity index (χ1) is 5.93. The van der Waals surface area contributed by atoms with Crippen LogP contribution < -0.4 is 5.32 Å². The summed E-state index contributed by atoms with van der Waals surface area (Å²) in [6.45, 7) is 2.41. The maximum absolute atomic E-state index is 5.21. The Labute approximate surface area is 74.7 Å². The van der Waals surface area contributed by atoms with Crippen LogP contribution in [0.1, 0.15) is 25.7 Å². The van der Waals surface area contributed by atoms with E-state index in [0.29, 0.717) is 12.6 Å². The molecule has 2 heteroatoms. The van der Waals surface area contributed by atoms with Crippen molar-refractivity contribution in [1.29, 1.82) is 0 Å².